The van der Waals surface area contributed by atoms with E-state index in [9.17, 15) is 14.9 Å². The predicted octanol–water partition coefficient (Wildman–Crippen LogP) is 1.14. The largest absolute Gasteiger partial charge is 0.493 e. The van der Waals surface area contributed by atoms with Crippen molar-refractivity contribution in [3.63, 3.8) is 0 Å². The summed E-state index contributed by atoms with van der Waals surface area (Å²) in [5.41, 5.74) is 1.89. The summed E-state index contributed by atoms with van der Waals surface area (Å²) in [5, 5.41) is 10.8. The van der Waals surface area contributed by atoms with Gasteiger partial charge >= 0.3 is 5.69 Å². The molecule has 1 rings (SSSR count). The van der Waals surface area contributed by atoms with E-state index in [0.717, 1.165) is 0 Å². The highest BCUT2D eigenvalue weighted by molar-refractivity contribution is 5.75. The lowest BCUT2D eigenvalue weighted by Crippen LogP contribution is -2.29. The van der Waals surface area contributed by atoms with Crippen LogP contribution in [-0.2, 0) is 4.79 Å². The van der Waals surface area contributed by atoms with Crippen molar-refractivity contribution in [1.82, 2.24) is 5.43 Å². The SMILES string of the molecule is COc1ccc(OCCCCC(=O)NN)cc1[N+](=O)[O-]. The van der Waals surface area contributed by atoms with Gasteiger partial charge in [0.25, 0.3) is 0 Å². The van der Waals surface area contributed by atoms with Gasteiger partial charge in [-0.2, -0.15) is 0 Å². The summed E-state index contributed by atoms with van der Waals surface area (Å²) in [6.45, 7) is 0.362. The lowest BCUT2D eigenvalue weighted by molar-refractivity contribution is -0.385. The molecule has 0 saturated heterocycles. The Morgan fingerprint density at radius 1 is 1.45 bits per heavy atom. The molecule has 3 N–H and O–H groups in total. The van der Waals surface area contributed by atoms with Crippen LogP contribution in [0.1, 0.15) is 19.3 Å². The van der Waals surface area contributed by atoms with Crippen LogP contribution in [0.3, 0.4) is 0 Å². The molecular formula is C12H17N3O5. The molecule has 8 nitrogen and oxygen atoms in total. The summed E-state index contributed by atoms with van der Waals surface area (Å²) in [5.74, 6) is 5.28. The number of nitrogens with two attached hydrogens (primary N) is 1. The number of carbonyl (C=O) groups excluding carboxylic acids is 1. The highest BCUT2D eigenvalue weighted by Crippen LogP contribution is 2.30. The smallest absolute Gasteiger partial charge is 0.314 e. The molecule has 0 unspecified atom stereocenters. The Bertz CT molecular complexity index is 478. The monoisotopic (exact) mass is 283 g/mol. The molecule has 1 aromatic carbocycles. The zero-order valence-corrected chi connectivity index (χ0v) is 11.1. The van der Waals surface area contributed by atoms with Crippen molar-refractivity contribution in [1.29, 1.82) is 0 Å². The van der Waals surface area contributed by atoms with Gasteiger partial charge in [-0.3, -0.25) is 20.3 Å². The molecule has 0 radical (unpaired) electrons. The number of methoxy groups -OCH3 is 1. The molecule has 0 fully saturated rings. The molecule has 20 heavy (non-hydrogen) atoms. The molecule has 0 aliphatic carbocycles. The van der Waals surface area contributed by atoms with E-state index < -0.39 is 4.92 Å². The minimum Gasteiger partial charge on any atom is -0.493 e. The van der Waals surface area contributed by atoms with Gasteiger partial charge in [-0.1, -0.05) is 0 Å². The molecule has 0 aliphatic rings. The number of nitro groups is 1. The van der Waals surface area contributed by atoms with Crippen LogP contribution in [0.4, 0.5) is 5.69 Å². The first-order valence-electron chi connectivity index (χ1n) is 6.03. The average molecular weight is 283 g/mol. The Balaban J connectivity index is 2.46. The highest BCUT2D eigenvalue weighted by atomic mass is 16.6. The van der Waals surface area contributed by atoms with Crippen molar-refractivity contribution in [2.24, 2.45) is 5.84 Å². The van der Waals surface area contributed by atoms with Crippen LogP contribution in [0.5, 0.6) is 11.5 Å². The van der Waals surface area contributed by atoms with Crippen molar-refractivity contribution < 1.29 is 19.2 Å². The molecule has 0 aromatic heterocycles. The molecule has 110 valence electrons. The fourth-order valence-corrected chi connectivity index (χ4v) is 1.55. The summed E-state index contributed by atoms with van der Waals surface area (Å²) in [4.78, 5) is 21.2. The van der Waals surface area contributed by atoms with E-state index in [1.54, 1.807) is 6.07 Å². The summed E-state index contributed by atoms with van der Waals surface area (Å²) in [6, 6.07) is 4.39. The van der Waals surface area contributed by atoms with Crippen LogP contribution in [0.15, 0.2) is 18.2 Å². The molecule has 8 heteroatoms. The second-order valence-corrected chi connectivity index (χ2v) is 3.96. The number of carbonyl (C=O) groups is 1. The van der Waals surface area contributed by atoms with Gasteiger partial charge in [0.05, 0.1) is 24.7 Å². The molecular weight excluding hydrogens is 266 g/mol. The van der Waals surface area contributed by atoms with E-state index in [-0.39, 0.29) is 17.3 Å². The van der Waals surface area contributed by atoms with Gasteiger partial charge in [0.2, 0.25) is 5.91 Å². The van der Waals surface area contributed by atoms with Gasteiger partial charge in [-0.05, 0) is 25.0 Å². The number of amides is 1. The van der Waals surface area contributed by atoms with E-state index in [1.165, 1.54) is 19.2 Å². The number of nitrogens with one attached hydrogen (secondary N) is 1. The third-order valence-electron chi connectivity index (χ3n) is 2.57. The summed E-state index contributed by atoms with van der Waals surface area (Å²) < 4.78 is 10.3. The second-order valence-electron chi connectivity index (χ2n) is 3.96. The number of benzene rings is 1. The molecule has 0 bridgehead atoms. The average Bonchev–Trinajstić information content (AvgIpc) is 2.46. The number of hydrogen-bond donors (Lipinski definition) is 2. The maximum atomic E-state index is 10.9. The number of hydrazine groups is 1. The number of rotatable bonds is 8. The first-order chi connectivity index (χ1) is 9.58. The molecule has 1 amide bonds. The Kier molecular flexibility index (Phi) is 6.24. The molecule has 0 spiro atoms. The van der Waals surface area contributed by atoms with Crippen LogP contribution in [0.25, 0.3) is 0 Å². The quantitative estimate of drug-likeness (QED) is 0.243. The fourth-order valence-electron chi connectivity index (χ4n) is 1.55. The predicted molar refractivity (Wildman–Crippen MR) is 71.3 cm³/mol. The van der Waals surface area contributed by atoms with Gasteiger partial charge in [0, 0.05) is 6.42 Å². The van der Waals surface area contributed by atoms with Gasteiger partial charge in [-0.15, -0.1) is 0 Å². The minimum absolute atomic E-state index is 0.146. The van der Waals surface area contributed by atoms with Gasteiger partial charge in [0.15, 0.2) is 5.75 Å². The van der Waals surface area contributed by atoms with E-state index in [2.05, 4.69) is 0 Å². The summed E-state index contributed by atoms with van der Waals surface area (Å²) >= 11 is 0. The van der Waals surface area contributed by atoms with Crippen molar-refractivity contribution in [3.8, 4) is 11.5 Å². The van der Waals surface area contributed by atoms with Gasteiger partial charge in [0.1, 0.15) is 5.75 Å². The van der Waals surface area contributed by atoms with Crippen LogP contribution in [0, 0.1) is 10.1 Å². The second kappa shape index (κ2) is 7.95. The van der Waals surface area contributed by atoms with Crippen molar-refractivity contribution in [2.75, 3.05) is 13.7 Å². The zero-order valence-electron chi connectivity index (χ0n) is 11.1. The minimum atomic E-state index is -0.530. The van der Waals surface area contributed by atoms with E-state index in [4.69, 9.17) is 15.3 Å². The summed E-state index contributed by atoms with van der Waals surface area (Å²) in [6.07, 6.45) is 1.59. The lowest BCUT2D eigenvalue weighted by atomic mass is 10.2. The molecule has 0 aliphatic heterocycles. The molecule has 0 heterocycles. The van der Waals surface area contributed by atoms with E-state index in [1.807, 2.05) is 5.43 Å². The van der Waals surface area contributed by atoms with Gasteiger partial charge < -0.3 is 9.47 Å². The first-order valence-corrected chi connectivity index (χ1v) is 6.03. The topological polar surface area (TPSA) is 117 Å². The number of unbranched alkanes of at least 4 members (excludes halogenated alkanes) is 1. The van der Waals surface area contributed by atoms with Crippen molar-refractivity contribution in [2.45, 2.75) is 19.3 Å². The third kappa shape index (κ3) is 4.73. The maximum absolute atomic E-state index is 10.9. The normalized spacial score (nSPS) is 9.90. The number of hydrogen-bond acceptors (Lipinski definition) is 6. The summed E-state index contributed by atoms with van der Waals surface area (Å²) in [7, 11) is 1.37. The zero-order chi connectivity index (χ0) is 15.0. The van der Waals surface area contributed by atoms with E-state index >= 15 is 0 Å². The van der Waals surface area contributed by atoms with Crippen molar-refractivity contribution in [3.05, 3.63) is 28.3 Å². The fraction of sp³-hybridized carbons (Fsp3) is 0.417. The molecule has 0 atom stereocenters. The van der Waals surface area contributed by atoms with Crippen LogP contribution in [-0.4, -0.2) is 24.5 Å². The van der Waals surface area contributed by atoms with E-state index in [0.29, 0.717) is 31.6 Å². The maximum Gasteiger partial charge on any atom is 0.314 e. The Hall–Kier alpha value is -2.35. The third-order valence-corrected chi connectivity index (χ3v) is 2.57. The number of nitrogens with zero attached hydrogens (tertiary/aromatic N) is 1. The van der Waals surface area contributed by atoms with Gasteiger partial charge in [-0.25, -0.2) is 5.84 Å². The van der Waals surface area contributed by atoms with Crippen molar-refractivity contribution >= 4 is 11.6 Å². The molecule has 0 saturated carbocycles. The molecule has 1 aromatic rings. The lowest BCUT2D eigenvalue weighted by Gasteiger charge is -2.07. The van der Waals surface area contributed by atoms with Crippen LogP contribution >= 0.6 is 0 Å². The Morgan fingerprint density at radius 3 is 2.80 bits per heavy atom. The number of nitro benzene ring substituents is 1. The van der Waals surface area contributed by atoms with Crippen LogP contribution < -0.4 is 20.7 Å². The highest BCUT2D eigenvalue weighted by Gasteiger charge is 2.15. The Labute approximate surface area is 116 Å². The first kappa shape index (κ1) is 15.7. The number of ether oxygens (including phenoxy) is 2. The van der Waals surface area contributed by atoms with Crippen LogP contribution in [0.2, 0.25) is 0 Å². The Morgan fingerprint density at radius 2 is 2.20 bits per heavy atom. The standard InChI is InChI=1S/C12H17N3O5/c1-19-11-6-5-9(8-10(11)15(17)18)20-7-3-2-4-12(16)14-13/h5-6,8H,2-4,7,13H2,1H3,(H,14,16).